The lowest BCUT2D eigenvalue weighted by atomic mass is 10.0. The minimum absolute atomic E-state index is 0.0919. The summed E-state index contributed by atoms with van der Waals surface area (Å²) in [7, 11) is 0. The quantitative estimate of drug-likeness (QED) is 0.801. The first-order chi connectivity index (χ1) is 11.0. The second kappa shape index (κ2) is 6.14. The Morgan fingerprint density at radius 2 is 1.57 bits per heavy atom. The van der Waals surface area contributed by atoms with E-state index in [0.29, 0.717) is 17.5 Å². The Hall–Kier alpha value is -2.17. The van der Waals surface area contributed by atoms with E-state index in [1.807, 2.05) is 13.8 Å². The predicted molar refractivity (Wildman–Crippen MR) is 86.0 cm³/mol. The molecule has 0 unspecified atom stereocenters. The van der Waals surface area contributed by atoms with E-state index in [1.165, 1.54) is 4.90 Å². The van der Waals surface area contributed by atoms with Crippen molar-refractivity contribution < 1.29 is 14.4 Å². The van der Waals surface area contributed by atoms with Crippen molar-refractivity contribution in [1.82, 2.24) is 9.80 Å². The number of hydrogen-bond donors (Lipinski definition) is 0. The molecule has 122 valence electrons. The van der Waals surface area contributed by atoms with Crippen LogP contribution in [-0.2, 0) is 4.79 Å². The van der Waals surface area contributed by atoms with Gasteiger partial charge in [-0.25, -0.2) is 0 Å². The highest BCUT2D eigenvalue weighted by molar-refractivity contribution is 6.22. The molecule has 1 atom stereocenters. The lowest BCUT2D eigenvalue weighted by Gasteiger charge is -2.30. The smallest absolute Gasteiger partial charge is 0.262 e. The van der Waals surface area contributed by atoms with Crippen molar-refractivity contribution in [3.05, 3.63) is 35.4 Å². The number of nitrogens with zero attached hydrogens (tertiary/aromatic N) is 2. The van der Waals surface area contributed by atoms with Gasteiger partial charge in [0.15, 0.2) is 0 Å². The molecule has 23 heavy (non-hydrogen) atoms. The van der Waals surface area contributed by atoms with Gasteiger partial charge in [0.2, 0.25) is 5.91 Å². The maximum absolute atomic E-state index is 12.9. The molecule has 1 aromatic carbocycles. The molecule has 2 aliphatic heterocycles. The van der Waals surface area contributed by atoms with Crippen molar-refractivity contribution in [3.8, 4) is 0 Å². The molecule has 0 aromatic heterocycles. The van der Waals surface area contributed by atoms with Gasteiger partial charge >= 0.3 is 0 Å². The zero-order valence-corrected chi connectivity index (χ0v) is 13.6. The van der Waals surface area contributed by atoms with Gasteiger partial charge in [-0.3, -0.25) is 19.3 Å². The van der Waals surface area contributed by atoms with Crippen LogP contribution in [0.3, 0.4) is 0 Å². The van der Waals surface area contributed by atoms with Crippen molar-refractivity contribution in [2.75, 3.05) is 13.1 Å². The van der Waals surface area contributed by atoms with Crippen LogP contribution in [0.15, 0.2) is 24.3 Å². The molecule has 2 aliphatic rings. The SMILES string of the molecule is CC(C)C[C@@H](C(=O)N1CCCC1)N1C(=O)c2ccccc2C1=O. The van der Waals surface area contributed by atoms with E-state index < -0.39 is 6.04 Å². The highest BCUT2D eigenvalue weighted by atomic mass is 16.2. The molecule has 0 saturated carbocycles. The first-order valence-corrected chi connectivity index (χ1v) is 8.26. The van der Waals surface area contributed by atoms with Crippen LogP contribution in [0.2, 0.25) is 0 Å². The van der Waals surface area contributed by atoms with Crippen LogP contribution in [0.25, 0.3) is 0 Å². The molecule has 5 heteroatoms. The second-order valence-corrected chi connectivity index (χ2v) is 6.70. The molecule has 1 fully saturated rings. The fourth-order valence-electron chi connectivity index (χ4n) is 3.40. The van der Waals surface area contributed by atoms with Crippen LogP contribution in [0.4, 0.5) is 0 Å². The van der Waals surface area contributed by atoms with Crippen LogP contribution >= 0.6 is 0 Å². The van der Waals surface area contributed by atoms with Gasteiger partial charge in [-0.1, -0.05) is 26.0 Å². The molecular weight excluding hydrogens is 292 g/mol. The summed E-state index contributed by atoms with van der Waals surface area (Å²) in [6.07, 6.45) is 2.48. The van der Waals surface area contributed by atoms with Crippen molar-refractivity contribution in [2.24, 2.45) is 5.92 Å². The minimum Gasteiger partial charge on any atom is -0.341 e. The standard InChI is InChI=1S/C18H22N2O3/c1-12(2)11-15(18(23)19-9-5-6-10-19)20-16(21)13-7-3-4-8-14(13)17(20)22/h3-4,7-8,12,15H,5-6,9-11H2,1-2H3/t15-/m0/s1. The number of rotatable bonds is 4. The summed E-state index contributed by atoms with van der Waals surface area (Å²) in [5.74, 6) is -0.561. The zero-order chi connectivity index (χ0) is 16.6. The van der Waals surface area contributed by atoms with Crippen LogP contribution < -0.4 is 0 Å². The molecule has 0 aliphatic carbocycles. The monoisotopic (exact) mass is 314 g/mol. The molecule has 2 heterocycles. The highest BCUT2D eigenvalue weighted by Crippen LogP contribution is 2.28. The molecule has 5 nitrogen and oxygen atoms in total. The Balaban J connectivity index is 1.93. The number of carbonyl (C=O) groups excluding carboxylic acids is 3. The summed E-state index contributed by atoms with van der Waals surface area (Å²) >= 11 is 0. The Bertz CT molecular complexity index is 612. The van der Waals surface area contributed by atoms with Gasteiger partial charge in [0.05, 0.1) is 11.1 Å². The topological polar surface area (TPSA) is 57.7 Å². The van der Waals surface area contributed by atoms with Gasteiger partial charge < -0.3 is 4.90 Å². The fraction of sp³-hybridized carbons (Fsp3) is 0.500. The van der Waals surface area contributed by atoms with Crippen LogP contribution in [-0.4, -0.2) is 46.7 Å². The van der Waals surface area contributed by atoms with Gasteiger partial charge in [0.1, 0.15) is 6.04 Å². The van der Waals surface area contributed by atoms with Gasteiger partial charge in [-0.15, -0.1) is 0 Å². The lowest BCUT2D eigenvalue weighted by molar-refractivity contribution is -0.134. The normalized spacial score (nSPS) is 18.7. The Morgan fingerprint density at radius 1 is 1.04 bits per heavy atom. The third-order valence-corrected chi connectivity index (χ3v) is 4.53. The van der Waals surface area contributed by atoms with Crippen molar-refractivity contribution in [3.63, 3.8) is 0 Å². The van der Waals surface area contributed by atoms with Crippen molar-refractivity contribution in [1.29, 1.82) is 0 Å². The molecular formula is C18H22N2O3. The molecule has 1 saturated heterocycles. The summed E-state index contributed by atoms with van der Waals surface area (Å²) in [4.78, 5) is 41.2. The van der Waals surface area contributed by atoms with E-state index in [0.717, 1.165) is 25.9 Å². The molecule has 1 aromatic rings. The maximum atomic E-state index is 12.9. The lowest BCUT2D eigenvalue weighted by Crippen LogP contribution is -2.50. The van der Waals surface area contributed by atoms with Crippen molar-refractivity contribution in [2.45, 2.75) is 39.2 Å². The van der Waals surface area contributed by atoms with E-state index in [2.05, 4.69) is 0 Å². The van der Waals surface area contributed by atoms with E-state index >= 15 is 0 Å². The highest BCUT2D eigenvalue weighted by Gasteiger charge is 2.44. The number of imide groups is 1. The Kier molecular flexibility index (Phi) is 4.20. The predicted octanol–water partition coefficient (Wildman–Crippen LogP) is 2.32. The molecule has 3 amide bonds. The van der Waals surface area contributed by atoms with Crippen LogP contribution in [0, 0.1) is 5.92 Å². The second-order valence-electron chi connectivity index (χ2n) is 6.70. The van der Waals surface area contributed by atoms with Crippen LogP contribution in [0.1, 0.15) is 53.8 Å². The number of carbonyl (C=O) groups is 3. The Labute approximate surface area is 136 Å². The third-order valence-electron chi connectivity index (χ3n) is 4.53. The molecule has 0 spiro atoms. The largest absolute Gasteiger partial charge is 0.341 e. The third kappa shape index (κ3) is 2.76. The fourth-order valence-corrected chi connectivity index (χ4v) is 3.40. The number of likely N-dealkylation sites (tertiary alicyclic amines) is 1. The van der Waals surface area contributed by atoms with Gasteiger partial charge in [0.25, 0.3) is 11.8 Å². The molecule has 0 radical (unpaired) electrons. The zero-order valence-electron chi connectivity index (χ0n) is 13.6. The number of benzene rings is 1. The van der Waals surface area contributed by atoms with E-state index in [9.17, 15) is 14.4 Å². The average Bonchev–Trinajstić information content (AvgIpc) is 3.14. The summed E-state index contributed by atoms with van der Waals surface area (Å²) in [6.45, 7) is 5.44. The van der Waals surface area contributed by atoms with Gasteiger partial charge in [0, 0.05) is 13.1 Å². The summed E-state index contributed by atoms with van der Waals surface area (Å²) in [6, 6.07) is 6.10. The number of amides is 3. The Morgan fingerprint density at radius 3 is 2.04 bits per heavy atom. The summed E-state index contributed by atoms with van der Waals surface area (Å²) in [5.41, 5.74) is 0.806. The number of fused-ring (bicyclic) bond motifs is 1. The minimum atomic E-state index is -0.694. The summed E-state index contributed by atoms with van der Waals surface area (Å²) < 4.78 is 0. The summed E-state index contributed by atoms with van der Waals surface area (Å²) in [5, 5.41) is 0. The average molecular weight is 314 g/mol. The van der Waals surface area contributed by atoms with E-state index in [-0.39, 0.29) is 23.6 Å². The van der Waals surface area contributed by atoms with Crippen LogP contribution in [0.5, 0.6) is 0 Å². The number of hydrogen-bond acceptors (Lipinski definition) is 3. The van der Waals surface area contributed by atoms with Gasteiger partial charge in [-0.05, 0) is 37.3 Å². The maximum Gasteiger partial charge on any atom is 0.262 e. The van der Waals surface area contributed by atoms with Crippen molar-refractivity contribution >= 4 is 17.7 Å². The molecule has 3 rings (SSSR count). The molecule has 0 N–H and O–H groups in total. The first-order valence-electron chi connectivity index (χ1n) is 8.26. The molecule has 0 bridgehead atoms. The van der Waals surface area contributed by atoms with Gasteiger partial charge in [-0.2, -0.15) is 0 Å². The van der Waals surface area contributed by atoms with E-state index in [1.54, 1.807) is 29.2 Å². The first kappa shape index (κ1) is 15.7. The van der Waals surface area contributed by atoms with E-state index in [4.69, 9.17) is 0 Å².